The zero-order chi connectivity index (χ0) is 31.6. The molecule has 228 valence electrons. The first-order valence-electron chi connectivity index (χ1n) is 13.1. The van der Waals surface area contributed by atoms with Crippen LogP contribution in [-0.2, 0) is 33.3 Å². The van der Waals surface area contributed by atoms with Crippen LogP contribution in [0, 0.1) is 20.8 Å². The average Bonchev–Trinajstić information content (AvgIpc) is 2.96. The van der Waals surface area contributed by atoms with Crippen LogP contribution < -0.4 is 0 Å². The van der Waals surface area contributed by atoms with Crippen molar-refractivity contribution in [3.8, 4) is 0 Å². The first-order chi connectivity index (χ1) is 20.4. The summed E-state index contributed by atoms with van der Waals surface area (Å²) in [6, 6.07) is 19.3. The summed E-state index contributed by atoms with van der Waals surface area (Å²) in [5.74, 6) is -2.51. The Morgan fingerprint density at radius 1 is 0.721 bits per heavy atom. The third-order valence-electron chi connectivity index (χ3n) is 6.03. The SMILES string of the molecule is CON=C[C@@H](OC(=O)c1ccc(C)cc1)[C@H](OC(=O)c1ccc(C)cc1)[C@@H](COC(=O)c1ccc(C)cc1)OS(C)(=O)=O. The number of aryl methyl sites for hydroxylation is 3. The molecule has 0 amide bonds. The predicted octanol–water partition coefficient (Wildman–Crippen LogP) is 4.20. The quantitative estimate of drug-likeness (QED) is 0.0907. The van der Waals surface area contributed by atoms with E-state index in [1.165, 1.54) is 43.5 Å². The summed E-state index contributed by atoms with van der Waals surface area (Å²) in [7, 11) is -3.00. The predicted molar refractivity (Wildman–Crippen MR) is 157 cm³/mol. The van der Waals surface area contributed by atoms with Crippen LogP contribution in [0.15, 0.2) is 78.0 Å². The van der Waals surface area contributed by atoms with E-state index in [9.17, 15) is 22.8 Å². The van der Waals surface area contributed by atoms with Crippen LogP contribution in [0.5, 0.6) is 0 Å². The van der Waals surface area contributed by atoms with Gasteiger partial charge in [-0.25, -0.2) is 14.4 Å². The molecule has 0 N–H and O–H groups in total. The number of hydrogen-bond acceptors (Lipinski definition) is 11. The number of oxime groups is 1. The van der Waals surface area contributed by atoms with E-state index in [1.54, 1.807) is 36.4 Å². The summed E-state index contributed by atoms with van der Waals surface area (Å²) in [6.07, 6.45) is -3.11. The zero-order valence-electron chi connectivity index (χ0n) is 24.4. The average molecular weight is 612 g/mol. The van der Waals surface area contributed by atoms with E-state index in [0.717, 1.165) is 29.2 Å². The second-order valence-corrected chi connectivity index (χ2v) is 11.3. The van der Waals surface area contributed by atoms with Crippen LogP contribution in [0.2, 0.25) is 0 Å². The Bertz CT molecular complexity index is 1530. The number of rotatable bonds is 13. The van der Waals surface area contributed by atoms with Crippen LogP contribution in [0.3, 0.4) is 0 Å². The van der Waals surface area contributed by atoms with Gasteiger partial charge in [0, 0.05) is 0 Å². The maximum atomic E-state index is 13.2. The van der Waals surface area contributed by atoms with E-state index in [4.69, 9.17) is 23.2 Å². The minimum Gasteiger partial charge on any atom is -0.459 e. The molecule has 3 atom stereocenters. The highest BCUT2D eigenvalue weighted by atomic mass is 32.2. The molecule has 0 heterocycles. The van der Waals surface area contributed by atoms with Crippen LogP contribution in [-0.4, -0.2) is 70.8 Å². The van der Waals surface area contributed by atoms with E-state index in [-0.39, 0.29) is 16.7 Å². The van der Waals surface area contributed by atoms with E-state index in [2.05, 4.69) is 5.16 Å². The van der Waals surface area contributed by atoms with Gasteiger partial charge in [0.25, 0.3) is 10.1 Å². The maximum absolute atomic E-state index is 13.2. The normalized spacial score (nSPS) is 13.5. The largest absolute Gasteiger partial charge is 0.459 e. The molecule has 0 bridgehead atoms. The van der Waals surface area contributed by atoms with Gasteiger partial charge in [-0.3, -0.25) is 4.18 Å². The molecule has 0 unspecified atom stereocenters. The Morgan fingerprint density at radius 2 is 1.14 bits per heavy atom. The topological polar surface area (TPSA) is 144 Å². The van der Waals surface area contributed by atoms with Crippen molar-refractivity contribution in [2.75, 3.05) is 20.0 Å². The highest BCUT2D eigenvalue weighted by Crippen LogP contribution is 2.20. The van der Waals surface area contributed by atoms with Gasteiger partial charge in [0.2, 0.25) is 0 Å². The van der Waals surface area contributed by atoms with Gasteiger partial charge < -0.3 is 19.0 Å². The monoisotopic (exact) mass is 611 g/mol. The molecule has 0 fully saturated rings. The number of esters is 3. The van der Waals surface area contributed by atoms with Crippen molar-refractivity contribution in [1.82, 2.24) is 0 Å². The third kappa shape index (κ3) is 10.3. The molecule has 0 saturated heterocycles. The highest BCUT2D eigenvalue weighted by molar-refractivity contribution is 7.86. The molecule has 0 aliphatic heterocycles. The van der Waals surface area contributed by atoms with Crippen molar-refractivity contribution < 1.29 is 46.0 Å². The summed E-state index contributed by atoms with van der Waals surface area (Å²) in [4.78, 5) is 43.9. The van der Waals surface area contributed by atoms with Crippen molar-refractivity contribution in [3.05, 3.63) is 106 Å². The van der Waals surface area contributed by atoms with Gasteiger partial charge in [-0.2, -0.15) is 8.42 Å². The lowest BCUT2D eigenvalue weighted by atomic mass is 10.1. The minimum absolute atomic E-state index is 0.123. The van der Waals surface area contributed by atoms with Crippen LogP contribution in [0.1, 0.15) is 47.8 Å². The molecule has 0 spiro atoms. The van der Waals surface area contributed by atoms with Crippen molar-refractivity contribution in [2.45, 2.75) is 39.1 Å². The smallest absolute Gasteiger partial charge is 0.338 e. The fourth-order valence-electron chi connectivity index (χ4n) is 3.75. The lowest BCUT2D eigenvalue weighted by Gasteiger charge is -2.30. The fourth-order valence-corrected chi connectivity index (χ4v) is 4.37. The lowest BCUT2D eigenvalue weighted by Crippen LogP contribution is -2.48. The van der Waals surface area contributed by atoms with Crippen molar-refractivity contribution in [2.24, 2.45) is 5.16 Å². The van der Waals surface area contributed by atoms with E-state index in [0.29, 0.717) is 0 Å². The molecule has 0 aliphatic rings. The van der Waals surface area contributed by atoms with Crippen molar-refractivity contribution >= 4 is 34.2 Å². The summed E-state index contributed by atoms with van der Waals surface area (Å²) >= 11 is 0. The van der Waals surface area contributed by atoms with Crippen LogP contribution >= 0.6 is 0 Å². The Hall–Kier alpha value is -4.55. The van der Waals surface area contributed by atoms with Crippen molar-refractivity contribution in [3.63, 3.8) is 0 Å². The number of carbonyl (C=O) groups excluding carboxylic acids is 3. The van der Waals surface area contributed by atoms with Gasteiger partial charge >= 0.3 is 17.9 Å². The standard InChI is InChI=1S/C31H33NO10S/c1-20-6-12-23(13-7-20)29(33)39-19-27(42-43(5,36)37)28(41-31(35)25-16-10-22(3)11-17-25)26(18-32-38-4)40-30(34)24-14-8-21(2)9-15-24/h6-18,26-28H,19H2,1-5H3/t26-,27-,28+/m1/s1. The van der Waals surface area contributed by atoms with Gasteiger partial charge in [0.15, 0.2) is 18.3 Å². The summed E-state index contributed by atoms with van der Waals surface area (Å²) in [5.41, 5.74) is 3.17. The molecule has 3 aromatic rings. The maximum Gasteiger partial charge on any atom is 0.338 e. The third-order valence-corrected chi connectivity index (χ3v) is 6.63. The van der Waals surface area contributed by atoms with Crippen LogP contribution in [0.4, 0.5) is 0 Å². The number of hydrogen-bond donors (Lipinski definition) is 0. The van der Waals surface area contributed by atoms with Crippen LogP contribution in [0.25, 0.3) is 0 Å². The Balaban J connectivity index is 2.01. The molecule has 0 aromatic heterocycles. The Morgan fingerprint density at radius 3 is 1.56 bits per heavy atom. The lowest BCUT2D eigenvalue weighted by molar-refractivity contribution is -0.0683. The molecular weight excluding hydrogens is 578 g/mol. The Labute approximate surface area is 250 Å². The first-order valence-corrected chi connectivity index (χ1v) is 14.9. The van der Waals surface area contributed by atoms with Crippen molar-refractivity contribution in [1.29, 1.82) is 0 Å². The highest BCUT2D eigenvalue weighted by Gasteiger charge is 2.39. The zero-order valence-corrected chi connectivity index (χ0v) is 25.2. The molecule has 3 rings (SSSR count). The molecule has 0 saturated carbocycles. The van der Waals surface area contributed by atoms with E-state index < -0.39 is 52.9 Å². The van der Waals surface area contributed by atoms with E-state index >= 15 is 0 Å². The minimum atomic E-state index is -4.23. The number of ether oxygens (including phenoxy) is 3. The fraction of sp³-hybridized carbons (Fsp3) is 0.290. The Kier molecular flexibility index (Phi) is 11.6. The summed E-state index contributed by atoms with van der Waals surface area (Å²) < 4.78 is 46.6. The molecule has 43 heavy (non-hydrogen) atoms. The van der Waals surface area contributed by atoms with Gasteiger partial charge in [-0.1, -0.05) is 58.2 Å². The van der Waals surface area contributed by atoms with Gasteiger partial charge in [-0.05, 0) is 57.2 Å². The molecular formula is C31H33NO10S. The van der Waals surface area contributed by atoms with Gasteiger partial charge in [0.1, 0.15) is 13.7 Å². The molecule has 0 radical (unpaired) electrons. The summed E-state index contributed by atoms with van der Waals surface area (Å²) in [5, 5.41) is 3.67. The summed E-state index contributed by atoms with van der Waals surface area (Å²) in [6.45, 7) is 4.82. The second-order valence-electron chi connectivity index (χ2n) is 9.71. The number of carbonyl (C=O) groups is 3. The van der Waals surface area contributed by atoms with Gasteiger partial charge in [-0.15, -0.1) is 0 Å². The molecule has 0 aliphatic carbocycles. The molecule has 11 nitrogen and oxygen atoms in total. The number of benzene rings is 3. The first kappa shape index (κ1) is 33.0. The second kappa shape index (κ2) is 15.1. The molecule has 3 aromatic carbocycles. The number of nitrogens with zero attached hydrogens (tertiary/aromatic N) is 1. The van der Waals surface area contributed by atoms with Gasteiger partial charge in [0.05, 0.1) is 29.2 Å². The van der Waals surface area contributed by atoms with E-state index in [1.807, 2.05) is 20.8 Å². The molecule has 12 heteroatoms.